The summed E-state index contributed by atoms with van der Waals surface area (Å²) in [5, 5.41) is 27.0. The standard InChI is InChI=1S/C26H43N7O6/c1-14(2)12-19(22(35)31-18(25(38)39)6-5-11-30-26(28)29)32-23(36)20(33-24(37)21(27)15(3)4)13-16-7-9-17(34)10-8-16/h7-10,14-15,18-21,34H,5-6,11-13,27H2,1-4H3,(H,31,35)(H,32,36)(H,33,37)(H,38,39)(H4,28,29,30)/t18-,19-,20-,21-/m0/s1. The second-order valence-electron chi connectivity index (χ2n) is 10.2. The van der Waals surface area contributed by atoms with Crippen LogP contribution in [0, 0.1) is 11.8 Å². The molecule has 0 aliphatic carbocycles. The van der Waals surface area contributed by atoms with Gasteiger partial charge in [-0.2, -0.15) is 0 Å². The second-order valence-corrected chi connectivity index (χ2v) is 10.2. The fourth-order valence-electron chi connectivity index (χ4n) is 3.66. The summed E-state index contributed by atoms with van der Waals surface area (Å²) in [6, 6.07) is 1.93. The highest BCUT2D eigenvalue weighted by molar-refractivity contribution is 5.94. The van der Waals surface area contributed by atoms with Crippen molar-refractivity contribution in [1.29, 1.82) is 0 Å². The monoisotopic (exact) mass is 549 g/mol. The Morgan fingerprint density at radius 1 is 0.872 bits per heavy atom. The first-order chi connectivity index (χ1) is 18.2. The van der Waals surface area contributed by atoms with Crippen LogP contribution in [0.4, 0.5) is 0 Å². The van der Waals surface area contributed by atoms with Gasteiger partial charge in [0.1, 0.15) is 23.9 Å². The van der Waals surface area contributed by atoms with E-state index in [0.29, 0.717) is 12.0 Å². The number of rotatable bonds is 16. The van der Waals surface area contributed by atoms with Gasteiger partial charge in [-0.25, -0.2) is 4.79 Å². The van der Waals surface area contributed by atoms with Crippen molar-refractivity contribution in [3.63, 3.8) is 0 Å². The molecule has 13 heteroatoms. The number of benzene rings is 1. The Morgan fingerprint density at radius 3 is 1.92 bits per heavy atom. The number of amides is 3. The molecule has 11 N–H and O–H groups in total. The highest BCUT2D eigenvalue weighted by atomic mass is 16.4. The van der Waals surface area contributed by atoms with E-state index in [0.717, 1.165) is 0 Å². The lowest BCUT2D eigenvalue weighted by molar-refractivity contribution is -0.142. The van der Waals surface area contributed by atoms with Crippen LogP contribution in [0.25, 0.3) is 0 Å². The van der Waals surface area contributed by atoms with Gasteiger partial charge in [0.15, 0.2) is 5.96 Å². The van der Waals surface area contributed by atoms with E-state index in [1.54, 1.807) is 26.0 Å². The quantitative estimate of drug-likeness (QED) is 0.0756. The SMILES string of the molecule is CC(C)C[C@H](NC(=O)[C@H](Cc1ccc(O)cc1)NC(=O)[C@@H](N)C(C)C)C(=O)N[C@@H](CCCN=C(N)N)C(=O)O. The first kappa shape index (κ1) is 33.2. The average Bonchev–Trinajstić information content (AvgIpc) is 2.84. The van der Waals surface area contributed by atoms with Gasteiger partial charge in [0, 0.05) is 13.0 Å². The summed E-state index contributed by atoms with van der Waals surface area (Å²) in [4.78, 5) is 54.7. The van der Waals surface area contributed by atoms with E-state index < -0.39 is 47.9 Å². The Hall–Kier alpha value is -3.87. The minimum atomic E-state index is -1.23. The van der Waals surface area contributed by atoms with Gasteiger partial charge in [0.2, 0.25) is 17.7 Å². The lowest BCUT2D eigenvalue weighted by Crippen LogP contribution is -2.58. The molecule has 1 aromatic carbocycles. The topological polar surface area (TPSA) is 235 Å². The van der Waals surface area contributed by atoms with Crippen LogP contribution in [0.1, 0.15) is 52.5 Å². The minimum Gasteiger partial charge on any atom is -0.508 e. The number of hydrogen-bond donors (Lipinski definition) is 8. The van der Waals surface area contributed by atoms with Crippen molar-refractivity contribution >= 4 is 29.7 Å². The maximum absolute atomic E-state index is 13.4. The number of nitrogens with zero attached hydrogens (tertiary/aromatic N) is 1. The van der Waals surface area contributed by atoms with Crippen molar-refractivity contribution in [3.8, 4) is 5.75 Å². The highest BCUT2D eigenvalue weighted by Crippen LogP contribution is 2.13. The lowest BCUT2D eigenvalue weighted by atomic mass is 9.99. The van der Waals surface area contributed by atoms with Crippen molar-refractivity contribution < 1.29 is 29.4 Å². The summed E-state index contributed by atoms with van der Waals surface area (Å²) in [5.74, 6) is -3.33. The van der Waals surface area contributed by atoms with Crippen LogP contribution in [0.3, 0.4) is 0 Å². The van der Waals surface area contributed by atoms with Crippen molar-refractivity contribution in [3.05, 3.63) is 29.8 Å². The van der Waals surface area contributed by atoms with Gasteiger partial charge >= 0.3 is 5.97 Å². The number of carbonyl (C=O) groups is 4. The highest BCUT2D eigenvalue weighted by Gasteiger charge is 2.31. The van der Waals surface area contributed by atoms with Gasteiger partial charge in [-0.15, -0.1) is 0 Å². The molecule has 0 aromatic heterocycles. The number of carboxylic acids is 1. The van der Waals surface area contributed by atoms with Crippen LogP contribution in [-0.2, 0) is 25.6 Å². The summed E-state index contributed by atoms with van der Waals surface area (Å²) in [6.45, 7) is 7.46. The smallest absolute Gasteiger partial charge is 0.326 e. The zero-order valence-electron chi connectivity index (χ0n) is 23.0. The minimum absolute atomic E-state index is 0.0225. The Kier molecular flexibility index (Phi) is 13.7. The molecular formula is C26H43N7O6. The molecule has 0 spiro atoms. The fraction of sp³-hybridized carbons (Fsp3) is 0.577. The van der Waals surface area contributed by atoms with Crippen LogP contribution in [-0.4, -0.2) is 70.6 Å². The van der Waals surface area contributed by atoms with Gasteiger partial charge < -0.3 is 43.4 Å². The molecule has 0 aliphatic heterocycles. The molecule has 1 rings (SSSR count). The number of hydrogen-bond acceptors (Lipinski definition) is 7. The van der Waals surface area contributed by atoms with E-state index in [1.807, 2.05) is 13.8 Å². The van der Waals surface area contributed by atoms with E-state index in [-0.39, 0.29) is 49.4 Å². The molecule has 0 bridgehead atoms. The zero-order chi connectivity index (χ0) is 29.7. The molecule has 0 heterocycles. The lowest BCUT2D eigenvalue weighted by Gasteiger charge is -2.26. The Balaban J connectivity index is 3.09. The molecule has 39 heavy (non-hydrogen) atoms. The fourth-order valence-corrected chi connectivity index (χ4v) is 3.66. The Bertz CT molecular complexity index is 993. The number of nitrogens with two attached hydrogens (primary N) is 3. The van der Waals surface area contributed by atoms with Gasteiger partial charge in [-0.3, -0.25) is 19.4 Å². The predicted octanol–water partition coefficient (Wildman–Crippen LogP) is -0.443. The van der Waals surface area contributed by atoms with E-state index in [1.165, 1.54) is 12.1 Å². The third-order valence-corrected chi connectivity index (χ3v) is 5.93. The van der Waals surface area contributed by atoms with Gasteiger partial charge in [-0.1, -0.05) is 39.8 Å². The van der Waals surface area contributed by atoms with E-state index >= 15 is 0 Å². The maximum atomic E-state index is 13.4. The van der Waals surface area contributed by atoms with Crippen LogP contribution in [0.15, 0.2) is 29.3 Å². The first-order valence-corrected chi connectivity index (χ1v) is 12.9. The van der Waals surface area contributed by atoms with E-state index in [4.69, 9.17) is 17.2 Å². The number of carboxylic acid groups (broad SMARTS) is 1. The number of phenolic OH excluding ortho intramolecular Hbond substituents is 1. The van der Waals surface area contributed by atoms with Crippen LogP contribution in [0.2, 0.25) is 0 Å². The molecule has 13 nitrogen and oxygen atoms in total. The number of guanidine groups is 1. The molecular weight excluding hydrogens is 506 g/mol. The number of nitrogens with one attached hydrogen (secondary N) is 3. The zero-order valence-corrected chi connectivity index (χ0v) is 23.0. The maximum Gasteiger partial charge on any atom is 0.326 e. The number of aromatic hydroxyl groups is 1. The largest absolute Gasteiger partial charge is 0.508 e. The first-order valence-electron chi connectivity index (χ1n) is 12.9. The van der Waals surface area contributed by atoms with Gasteiger partial charge in [-0.05, 0) is 48.8 Å². The molecule has 0 unspecified atom stereocenters. The van der Waals surface area contributed by atoms with Crippen molar-refractivity contribution in [1.82, 2.24) is 16.0 Å². The summed E-state index contributed by atoms with van der Waals surface area (Å²) in [5.41, 5.74) is 17.2. The van der Waals surface area contributed by atoms with Crippen LogP contribution >= 0.6 is 0 Å². The number of carbonyl (C=O) groups excluding carboxylic acids is 3. The summed E-state index contributed by atoms with van der Waals surface area (Å²) < 4.78 is 0. The normalized spacial score (nSPS) is 14.1. The summed E-state index contributed by atoms with van der Waals surface area (Å²) >= 11 is 0. The third-order valence-electron chi connectivity index (χ3n) is 5.93. The Labute approximate surface area is 229 Å². The van der Waals surface area contributed by atoms with Gasteiger partial charge in [0.05, 0.1) is 6.04 Å². The molecule has 0 radical (unpaired) electrons. The summed E-state index contributed by atoms with van der Waals surface area (Å²) in [7, 11) is 0. The van der Waals surface area contributed by atoms with Gasteiger partial charge in [0.25, 0.3) is 0 Å². The number of aliphatic carboxylic acids is 1. The number of aliphatic imine (C=N–C) groups is 1. The predicted molar refractivity (Wildman–Crippen MR) is 147 cm³/mol. The number of phenols is 1. The molecule has 4 atom stereocenters. The van der Waals surface area contributed by atoms with Crippen molar-refractivity contribution in [2.75, 3.05) is 6.54 Å². The molecule has 3 amide bonds. The second kappa shape index (κ2) is 16.2. The summed E-state index contributed by atoms with van der Waals surface area (Å²) in [6.07, 6.45) is 0.685. The Morgan fingerprint density at radius 2 is 1.41 bits per heavy atom. The third kappa shape index (κ3) is 12.5. The average molecular weight is 550 g/mol. The van der Waals surface area contributed by atoms with Crippen molar-refractivity contribution in [2.24, 2.45) is 34.0 Å². The van der Waals surface area contributed by atoms with Crippen molar-refractivity contribution in [2.45, 2.75) is 77.5 Å². The molecule has 0 saturated carbocycles. The van der Waals surface area contributed by atoms with Crippen LogP contribution in [0.5, 0.6) is 5.75 Å². The molecule has 1 aromatic rings. The van der Waals surface area contributed by atoms with Crippen LogP contribution < -0.4 is 33.2 Å². The molecule has 218 valence electrons. The van der Waals surface area contributed by atoms with E-state index in [9.17, 15) is 29.4 Å². The molecule has 0 fully saturated rings. The van der Waals surface area contributed by atoms with E-state index in [2.05, 4.69) is 20.9 Å². The molecule has 0 aliphatic rings. The molecule has 0 saturated heterocycles.